The van der Waals surface area contributed by atoms with E-state index in [-0.39, 0.29) is 23.5 Å². The van der Waals surface area contributed by atoms with E-state index < -0.39 is 28.6 Å². The highest BCUT2D eigenvalue weighted by atomic mass is 16.6. The fourth-order valence-corrected chi connectivity index (χ4v) is 7.39. The predicted molar refractivity (Wildman–Crippen MR) is 118 cm³/mol. The van der Waals surface area contributed by atoms with Gasteiger partial charge < -0.3 is 20.2 Å². The molecule has 0 aromatic rings. The number of carbonyl (C=O) groups excluding carboxylic acids is 1. The van der Waals surface area contributed by atoms with Crippen LogP contribution in [0.2, 0.25) is 0 Å². The van der Waals surface area contributed by atoms with Crippen LogP contribution in [0.25, 0.3) is 0 Å². The van der Waals surface area contributed by atoms with Gasteiger partial charge in [-0.2, -0.15) is 0 Å². The zero-order valence-corrected chi connectivity index (χ0v) is 19.0. The number of rotatable bonds is 5. The lowest BCUT2D eigenvalue weighted by Gasteiger charge is -2.59. The minimum atomic E-state index is -1.07. The second kappa shape index (κ2) is 7.82. The average molecular weight is 432 g/mol. The molecule has 4 aliphatic rings. The highest BCUT2D eigenvalue weighted by Gasteiger charge is 2.66. The Bertz CT molecular complexity index is 821. The average Bonchev–Trinajstić information content (AvgIpc) is 2.99. The number of hydrogen-bond donors (Lipinski definition) is 3. The van der Waals surface area contributed by atoms with Crippen LogP contribution in [-0.4, -0.2) is 51.2 Å². The first-order chi connectivity index (χ1) is 14.6. The van der Waals surface area contributed by atoms with Crippen LogP contribution in [0.1, 0.15) is 65.7 Å². The molecule has 0 aromatic carbocycles. The number of oxime groups is 1. The molecule has 3 fully saturated rings. The Hall–Kier alpha value is -1.50. The van der Waals surface area contributed by atoms with Gasteiger partial charge in [0.05, 0.1) is 23.5 Å². The molecule has 172 valence electrons. The molecular formula is C25H37NO5. The summed E-state index contributed by atoms with van der Waals surface area (Å²) in [5.41, 5.74) is -0.184. The number of fused-ring (bicyclic) bond motifs is 5. The van der Waals surface area contributed by atoms with Gasteiger partial charge in [-0.25, -0.2) is 0 Å². The highest BCUT2D eigenvalue weighted by molar-refractivity contribution is 5.95. The van der Waals surface area contributed by atoms with Gasteiger partial charge in [-0.3, -0.25) is 4.79 Å². The summed E-state index contributed by atoms with van der Waals surface area (Å²) in [6, 6.07) is 0. The lowest BCUT2D eigenvalue weighted by molar-refractivity contribution is -0.151. The van der Waals surface area contributed by atoms with Crippen molar-refractivity contribution in [3.8, 4) is 0 Å². The maximum Gasteiger partial charge on any atom is 0.159 e. The third-order valence-corrected chi connectivity index (χ3v) is 9.24. The Morgan fingerprint density at radius 1 is 1.26 bits per heavy atom. The second-order valence-electron chi connectivity index (χ2n) is 10.7. The van der Waals surface area contributed by atoms with Crippen molar-refractivity contribution >= 4 is 11.5 Å². The van der Waals surface area contributed by atoms with Crippen LogP contribution < -0.4 is 0 Å². The minimum absolute atomic E-state index is 0.0148. The maximum absolute atomic E-state index is 13.2. The van der Waals surface area contributed by atoms with Crippen LogP contribution in [0.15, 0.2) is 29.5 Å². The fraction of sp³-hybridized carbons (Fsp3) is 0.760. The van der Waals surface area contributed by atoms with Crippen LogP contribution in [0.4, 0.5) is 0 Å². The van der Waals surface area contributed by atoms with E-state index in [1.54, 1.807) is 12.2 Å². The summed E-state index contributed by atoms with van der Waals surface area (Å²) in [5, 5.41) is 37.0. The summed E-state index contributed by atoms with van der Waals surface area (Å²) in [7, 11) is 0. The molecule has 0 saturated heterocycles. The number of ketones is 1. The van der Waals surface area contributed by atoms with Crippen molar-refractivity contribution in [2.45, 2.75) is 83.5 Å². The summed E-state index contributed by atoms with van der Waals surface area (Å²) in [6.07, 6.45) is 6.29. The van der Waals surface area contributed by atoms with Gasteiger partial charge in [-0.05, 0) is 68.4 Å². The van der Waals surface area contributed by atoms with Gasteiger partial charge in [-0.1, -0.05) is 25.1 Å². The molecule has 0 aromatic heterocycles. The number of carbonyl (C=O) groups is 1. The number of allylic oxidation sites excluding steroid dienone is 1. The van der Waals surface area contributed by atoms with E-state index in [2.05, 4.69) is 25.6 Å². The maximum atomic E-state index is 13.2. The molecule has 31 heavy (non-hydrogen) atoms. The molecular weight excluding hydrogens is 394 g/mol. The molecule has 0 amide bonds. The summed E-state index contributed by atoms with van der Waals surface area (Å²) in [4.78, 5) is 18.6. The standard InChI is InChI=1S/C25H37NO5/c1-5-6-11-31-26-15(2)16-8-10-25(30)18-12-20(27)19-13-21(28)22(29)14-23(19,3)17(18)7-9-24(16,25)4/h5,12,16-17,19,21-22,28-30H,1,6-11,13-14H2,2-4H3/b26-15-/t16-,17?,19?,21-,22+,23-,24-,25-/m1/s1. The zero-order chi connectivity index (χ0) is 22.6. The Morgan fingerprint density at radius 2 is 2.00 bits per heavy atom. The van der Waals surface area contributed by atoms with Gasteiger partial charge in [0, 0.05) is 23.7 Å². The normalized spacial score (nSPS) is 47.2. The van der Waals surface area contributed by atoms with E-state index in [0.29, 0.717) is 25.9 Å². The molecule has 3 saturated carbocycles. The smallest absolute Gasteiger partial charge is 0.159 e. The Balaban J connectivity index is 1.66. The highest BCUT2D eigenvalue weighted by Crippen LogP contribution is 2.67. The first-order valence-corrected chi connectivity index (χ1v) is 11.7. The van der Waals surface area contributed by atoms with E-state index in [9.17, 15) is 20.1 Å². The third kappa shape index (κ3) is 3.25. The molecule has 6 nitrogen and oxygen atoms in total. The Kier molecular flexibility index (Phi) is 5.72. The third-order valence-electron chi connectivity index (χ3n) is 9.24. The Morgan fingerprint density at radius 3 is 2.71 bits per heavy atom. The lowest BCUT2D eigenvalue weighted by atomic mass is 9.46. The van der Waals surface area contributed by atoms with E-state index in [1.807, 2.05) is 6.92 Å². The first kappa shape index (κ1) is 22.7. The molecule has 3 N–H and O–H groups in total. The largest absolute Gasteiger partial charge is 0.396 e. The molecule has 4 rings (SSSR count). The molecule has 0 aliphatic heterocycles. The molecule has 0 heterocycles. The second-order valence-corrected chi connectivity index (χ2v) is 10.7. The predicted octanol–water partition coefficient (Wildman–Crippen LogP) is 3.16. The molecule has 2 unspecified atom stereocenters. The van der Waals surface area contributed by atoms with Crippen LogP contribution in [0, 0.1) is 28.6 Å². The summed E-state index contributed by atoms with van der Waals surface area (Å²) in [5.74, 6) is -0.192. The van der Waals surface area contributed by atoms with Gasteiger partial charge in [-0.15, -0.1) is 6.58 Å². The summed E-state index contributed by atoms with van der Waals surface area (Å²) in [6.45, 7) is 10.4. The quantitative estimate of drug-likeness (QED) is 0.269. The van der Waals surface area contributed by atoms with Gasteiger partial charge >= 0.3 is 0 Å². The molecule has 0 radical (unpaired) electrons. The van der Waals surface area contributed by atoms with Gasteiger partial charge in [0.25, 0.3) is 0 Å². The zero-order valence-electron chi connectivity index (χ0n) is 19.0. The molecule has 8 atom stereocenters. The van der Waals surface area contributed by atoms with Crippen molar-refractivity contribution in [3.63, 3.8) is 0 Å². The first-order valence-electron chi connectivity index (χ1n) is 11.7. The van der Waals surface area contributed by atoms with Crippen LogP contribution in [0.3, 0.4) is 0 Å². The monoisotopic (exact) mass is 431 g/mol. The molecule has 0 spiro atoms. The van der Waals surface area contributed by atoms with Gasteiger partial charge in [0.15, 0.2) is 5.78 Å². The minimum Gasteiger partial charge on any atom is -0.396 e. The van der Waals surface area contributed by atoms with Crippen molar-refractivity contribution in [2.24, 2.45) is 33.7 Å². The van der Waals surface area contributed by atoms with E-state index in [0.717, 1.165) is 37.0 Å². The van der Waals surface area contributed by atoms with Crippen LogP contribution >= 0.6 is 0 Å². The van der Waals surface area contributed by atoms with Gasteiger partial charge in [0.1, 0.15) is 6.61 Å². The molecule has 4 aliphatic carbocycles. The fourth-order valence-electron chi connectivity index (χ4n) is 7.39. The van der Waals surface area contributed by atoms with Crippen LogP contribution in [0.5, 0.6) is 0 Å². The number of aliphatic hydroxyl groups is 3. The van der Waals surface area contributed by atoms with Gasteiger partial charge in [0.2, 0.25) is 0 Å². The van der Waals surface area contributed by atoms with Crippen LogP contribution in [-0.2, 0) is 9.63 Å². The van der Waals surface area contributed by atoms with Crippen molar-refractivity contribution in [1.29, 1.82) is 0 Å². The number of hydrogen-bond acceptors (Lipinski definition) is 6. The van der Waals surface area contributed by atoms with Crippen molar-refractivity contribution in [2.75, 3.05) is 6.61 Å². The van der Waals surface area contributed by atoms with Crippen molar-refractivity contribution < 1.29 is 25.0 Å². The number of nitrogens with zero attached hydrogens (tertiary/aromatic N) is 1. The van der Waals surface area contributed by atoms with Crippen molar-refractivity contribution in [1.82, 2.24) is 0 Å². The van der Waals surface area contributed by atoms with E-state index >= 15 is 0 Å². The number of aliphatic hydroxyl groups excluding tert-OH is 2. The Labute approximate surface area is 185 Å². The molecule has 6 heteroatoms. The van der Waals surface area contributed by atoms with E-state index in [1.165, 1.54) is 0 Å². The van der Waals surface area contributed by atoms with Crippen molar-refractivity contribution in [3.05, 3.63) is 24.3 Å². The summed E-state index contributed by atoms with van der Waals surface area (Å²) >= 11 is 0. The lowest BCUT2D eigenvalue weighted by Crippen LogP contribution is -2.60. The summed E-state index contributed by atoms with van der Waals surface area (Å²) < 4.78 is 0. The topological polar surface area (TPSA) is 99.4 Å². The van der Waals surface area contributed by atoms with E-state index in [4.69, 9.17) is 4.84 Å². The SMILES string of the molecule is C=CCCO/N=C(/C)[C@H]1CC[C@@]2(O)C3=CC(=O)C4C[C@@H](O)[C@@H](O)C[C@]4(C)C3CC[C@]12C. The molecule has 0 bridgehead atoms.